The number of aromatic carboxylic acids is 1. The van der Waals surface area contributed by atoms with Crippen LogP contribution in [0.2, 0.25) is 0 Å². The summed E-state index contributed by atoms with van der Waals surface area (Å²) in [6, 6.07) is 14.9. The molecule has 5 heteroatoms. The van der Waals surface area contributed by atoms with Gasteiger partial charge in [-0.05, 0) is 29.8 Å². The third-order valence-corrected chi connectivity index (χ3v) is 3.90. The van der Waals surface area contributed by atoms with Gasteiger partial charge in [0.05, 0.1) is 5.56 Å². The molecule has 2 aromatic carbocycles. The zero-order chi connectivity index (χ0) is 15.5. The Kier molecular flexibility index (Phi) is 4.06. The van der Waals surface area contributed by atoms with Crippen LogP contribution in [-0.4, -0.2) is 20.6 Å². The van der Waals surface area contributed by atoms with Gasteiger partial charge in [-0.1, -0.05) is 40.2 Å². The van der Waals surface area contributed by atoms with Crippen LogP contribution in [0.5, 0.6) is 0 Å². The summed E-state index contributed by atoms with van der Waals surface area (Å²) in [6.07, 6.45) is 3.69. The highest BCUT2D eigenvalue weighted by molar-refractivity contribution is 9.10. The Hall–Kier alpha value is -2.40. The van der Waals surface area contributed by atoms with E-state index in [9.17, 15) is 4.79 Å². The molecule has 0 fully saturated rings. The second-order valence-electron chi connectivity index (χ2n) is 4.89. The largest absolute Gasteiger partial charge is 0.478 e. The molecule has 0 aliphatic rings. The first kappa shape index (κ1) is 14.5. The van der Waals surface area contributed by atoms with E-state index in [0.29, 0.717) is 12.1 Å². The number of hydrogen-bond acceptors (Lipinski definition) is 2. The van der Waals surface area contributed by atoms with Crippen LogP contribution >= 0.6 is 15.9 Å². The minimum absolute atomic E-state index is 0.294. The molecule has 1 N–H and O–H groups in total. The molecule has 0 radical (unpaired) electrons. The van der Waals surface area contributed by atoms with Crippen molar-refractivity contribution in [1.82, 2.24) is 9.55 Å². The lowest BCUT2D eigenvalue weighted by molar-refractivity contribution is 0.0697. The van der Waals surface area contributed by atoms with Gasteiger partial charge in [0.2, 0.25) is 0 Å². The van der Waals surface area contributed by atoms with Crippen LogP contribution in [0, 0.1) is 0 Å². The molecule has 0 atom stereocenters. The number of rotatable bonds is 4. The van der Waals surface area contributed by atoms with Gasteiger partial charge in [-0.3, -0.25) is 0 Å². The average molecular weight is 357 g/mol. The van der Waals surface area contributed by atoms with E-state index in [2.05, 4.69) is 20.9 Å². The Bertz CT molecular complexity index is 792. The zero-order valence-corrected chi connectivity index (χ0v) is 13.2. The molecule has 3 aromatic rings. The number of halogens is 1. The van der Waals surface area contributed by atoms with Crippen LogP contribution < -0.4 is 0 Å². The van der Waals surface area contributed by atoms with Gasteiger partial charge in [-0.15, -0.1) is 0 Å². The van der Waals surface area contributed by atoms with Gasteiger partial charge in [0.1, 0.15) is 5.82 Å². The highest BCUT2D eigenvalue weighted by Crippen LogP contribution is 2.21. The molecule has 110 valence electrons. The molecular formula is C17H13BrN2O2. The van der Waals surface area contributed by atoms with E-state index in [1.807, 2.05) is 47.2 Å². The van der Waals surface area contributed by atoms with Crippen molar-refractivity contribution in [3.63, 3.8) is 0 Å². The Morgan fingerprint density at radius 1 is 1.09 bits per heavy atom. The highest BCUT2D eigenvalue weighted by Gasteiger charge is 2.07. The van der Waals surface area contributed by atoms with Crippen molar-refractivity contribution in [2.75, 3.05) is 0 Å². The molecule has 1 aromatic heterocycles. The monoisotopic (exact) mass is 356 g/mol. The zero-order valence-electron chi connectivity index (χ0n) is 11.6. The lowest BCUT2D eigenvalue weighted by Crippen LogP contribution is -2.02. The SMILES string of the molecule is O=C(O)c1ccc(Cn2ccnc2-c2ccc(Br)cc2)cc1. The topological polar surface area (TPSA) is 55.1 Å². The third-order valence-electron chi connectivity index (χ3n) is 3.37. The summed E-state index contributed by atoms with van der Waals surface area (Å²) in [5, 5.41) is 8.93. The molecule has 0 saturated carbocycles. The molecule has 1 heterocycles. The van der Waals surface area contributed by atoms with E-state index in [1.165, 1.54) is 0 Å². The molecule has 22 heavy (non-hydrogen) atoms. The number of nitrogens with zero attached hydrogens (tertiary/aromatic N) is 2. The maximum atomic E-state index is 10.9. The first-order valence-corrected chi connectivity index (χ1v) is 7.52. The standard InChI is InChI=1S/C17H13BrN2O2/c18-15-7-5-13(6-8-15)16-19-9-10-20(16)11-12-1-3-14(4-2-12)17(21)22/h1-10H,11H2,(H,21,22). The first-order valence-electron chi connectivity index (χ1n) is 6.73. The summed E-state index contributed by atoms with van der Waals surface area (Å²) in [5.74, 6) is -0.0282. The van der Waals surface area contributed by atoms with Crippen molar-refractivity contribution in [3.8, 4) is 11.4 Å². The molecule has 0 amide bonds. The molecule has 0 aliphatic heterocycles. The lowest BCUT2D eigenvalue weighted by atomic mass is 10.1. The van der Waals surface area contributed by atoms with E-state index >= 15 is 0 Å². The number of imidazole rings is 1. The first-order chi connectivity index (χ1) is 10.6. The number of carbonyl (C=O) groups is 1. The van der Waals surface area contributed by atoms with Gasteiger partial charge >= 0.3 is 5.97 Å². The molecule has 0 aliphatic carbocycles. The predicted molar refractivity (Wildman–Crippen MR) is 87.9 cm³/mol. The Balaban J connectivity index is 1.86. The summed E-state index contributed by atoms with van der Waals surface area (Å²) in [5.41, 5.74) is 2.36. The number of benzene rings is 2. The van der Waals surface area contributed by atoms with Gasteiger partial charge in [-0.25, -0.2) is 9.78 Å². The van der Waals surface area contributed by atoms with Gasteiger partial charge in [0.25, 0.3) is 0 Å². The number of aromatic nitrogens is 2. The van der Waals surface area contributed by atoms with E-state index in [4.69, 9.17) is 5.11 Å². The fraction of sp³-hybridized carbons (Fsp3) is 0.0588. The van der Waals surface area contributed by atoms with E-state index in [0.717, 1.165) is 21.4 Å². The minimum atomic E-state index is -0.912. The quantitative estimate of drug-likeness (QED) is 0.766. The molecule has 0 unspecified atom stereocenters. The summed E-state index contributed by atoms with van der Waals surface area (Å²) < 4.78 is 3.07. The number of carboxylic acid groups (broad SMARTS) is 1. The van der Waals surface area contributed by atoms with Crippen molar-refractivity contribution < 1.29 is 9.90 Å². The molecule has 0 bridgehead atoms. The number of hydrogen-bond donors (Lipinski definition) is 1. The molecular weight excluding hydrogens is 344 g/mol. The van der Waals surface area contributed by atoms with Gasteiger partial charge in [-0.2, -0.15) is 0 Å². The fourth-order valence-corrected chi connectivity index (χ4v) is 2.51. The second-order valence-corrected chi connectivity index (χ2v) is 5.80. The summed E-state index contributed by atoms with van der Waals surface area (Å²) in [6.45, 7) is 0.644. The van der Waals surface area contributed by atoms with Crippen molar-refractivity contribution in [2.45, 2.75) is 6.54 Å². The van der Waals surface area contributed by atoms with Crippen LogP contribution in [-0.2, 0) is 6.54 Å². The molecule has 0 saturated heterocycles. The smallest absolute Gasteiger partial charge is 0.335 e. The van der Waals surface area contributed by atoms with Gasteiger partial charge in [0, 0.05) is 29.0 Å². The van der Waals surface area contributed by atoms with Crippen LogP contribution in [0.25, 0.3) is 11.4 Å². The van der Waals surface area contributed by atoms with E-state index in [1.54, 1.807) is 18.3 Å². The Labute approximate surface area is 136 Å². The summed E-state index contributed by atoms with van der Waals surface area (Å²) in [7, 11) is 0. The van der Waals surface area contributed by atoms with Crippen LogP contribution in [0.3, 0.4) is 0 Å². The van der Waals surface area contributed by atoms with Crippen LogP contribution in [0.1, 0.15) is 15.9 Å². The predicted octanol–water partition coefficient (Wildman–Crippen LogP) is 4.06. The van der Waals surface area contributed by atoms with Gasteiger partial charge in [0.15, 0.2) is 0 Å². The third kappa shape index (κ3) is 3.09. The maximum absolute atomic E-state index is 10.9. The van der Waals surface area contributed by atoms with Crippen molar-refractivity contribution in [3.05, 3.63) is 76.5 Å². The van der Waals surface area contributed by atoms with Crippen molar-refractivity contribution in [2.24, 2.45) is 0 Å². The number of carboxylic acids is 1. The maximum Gasteiger partial charge on any atom is 0.335 e. The second kappa shape index (κ2) is 6.15. The normalized spacial score (nSPS) is 10.6. The molecule has 4 nitrogen and oxygen atoms in total. The Morgan fingerprint density at radius 2 is 1.77 bits per heavy atom. The van der Waals surface area contributed by atoms with E-state index < -0.39 is 5.97 Å². The van der Waals surface area contributed by atoms with Crippen molar-refractivity contribution >= 4 is 21.9 Å². The Morgan fingerprint density at radius 3 is 2.41 bits per heavy atom. The van der Waals surface area contributed by atoms with Crippen LogP contribution in [0.15, 0.2) is 65.4 Å². The molecule has 3 rings (SSSR count). The highest BCUT2D eigenvalue weighted by atomic mass is 79.9. The van der Waals surface area contributed by atoms with Crippen LogP contribution in [0.4, 0.5) is 0 Å². The lowest BCUT2D eigenvalue weighted by Gasteiger charge is -2.08. The summed E-state index contributed by atoms with van der Waals surface area (Å²) in [4.78, 5) is 15.3. The average Bonchev–Trinajstić information content (AvgIpc) is 2.97. The molecule has 0 spiro atoms. The van der Waals surface area contributed by atoms with Crippen molar-refractivity contribution in [1.29, 1.82) is 0 Å². The summed E-state index contributed by atoms with van der Waals surface area (Å²) >= 11 is 3.42. The van der Waals surface area contributed by atoms with Gasteiger partial charge < -0.3 is 9.67 Å². The van der Waals surface area contributed by atoms with E-state index in [-0.39, 0.29) is 0 Å². The fourth-order valence-electron chi connectivity index (χ4n) is 2.25. The minimum Gasteiger partial charge on any atom is -0.478 e.